The summed E-state index contributed by atoms with van der Waals surface area (Å²) in [5.74, 6) is 1.60. The molecule has 11 nitrogen and oxygen atoms in total. The molecule has 2 aliphatic rings. The number of aliphatic hydroxyl groups excluding tert-OH is 1. The van der Waals surface area contributed by atoms with Gasteiger partial charge in [-0.05, 0) is 19.9 Å². The number of likely N-dealkylation sites (tertiary alicyclic amines) is 2. The zero-order valence-corrected chi connectivity index (χ0v) is 20.7. The summed E-state index contributed by atoms with van der Waals surface area (Å²) in [6.45, 7) is 5.74. The average Bonchev–Trinajstić information content (AvgIpc) is 3.23. The van der Waals surface area contributed by atoms with E-state index in [9.17, 15) is 5.11 Å². The highest BCUT2D eigenvalue weighted by Crippen LogP contribution is 2.33. The van der Waals surface area contributed by atoms with E-state index in [0.717, 1.165) is 55.0 Å². The summed E-state index contributed by atoms with van der Waals surface area (Å²) in [5, 5.41) is 17.5. The molecule has 0 spiro atoms. The second kappa shape index (κ2) is 9.92. The Morgan fingerprint density at radius 2 is 2.06 bits per heavy atom. The Kier molecular flexibility index (Phi) is 6.72. The maximum atomic E-state index is 9.47. The van der Waals surface area contributed by atoms with E-state index in [4.69, 9.17) is 15.5 Å². The van der Waals surface area contributed by atoms with E-state index in [1.165, 1.54) is 0 Å². The Morgan fingerprint density at radius 1 is 1.20 bits per heavy atom. The van der Waals surface area contributed by atoms with Crippen molar-refractivity contribution in [1.29, 1.82) is 0 Å². The quantitative estimate of drug-likeness (QED) is 0.368. The van der Waals surface area contributed by atoms with Gasteiger partial charge in [0.2, 0.25) is 5.95 Å². The lowest BCUT2D eigenvalue weighted by Crippen LogP contribution is -2.77. The Labute approximate surface area is 205 Å². The third-order valence-electron chi connectivity index (χ3n) is 7.24. The molecule has 11 heteroatoms. The number of methoxy groups -OCH3 is 1. The van der Waals surface area contributed by atoms with Gasteiger partial charge in [0.05, 0.1) is 25.5 Å². The van der Waals surface area contributed by atoms with E-state index in [1.807, 2.05) is 16.9 Å². The lowest BCUT2D eigenvalue weighted by Gasteiger charge is -2.61. The van der Waals surface area contributed by atoms with Gasteiger partial charge >= 0.3 is 0 Å². The van der Waals surface area contributed by atoms with Crippen LogP contribution in [0.4, 0.5) is 11.8 Å². The molecule has 3 atom stereocenters. The monoisotopic (exact) mass is 481 g/mol. The van der Waals surface area contributed by atoms with Crippen LogP contribution < -0.4 is 15.8 Å². The summed E-state index contributed by atoms with van der Waals surface area (Å²) < 4.78 is 7.58. The predicted molar refractivity (Wildman–Crippen MR) is 134 cm³/mol. The van der Waals surface area contributed by atoms with Crippen molar-refractivity contribution < 1.29 is 9.84 Å². The fourth-order valence-corrected chi connectivity index (χ4v) is 5.24. The number of nitrogens with one attached hydrogen (secondary N) is 1. The summed E-state index contributed by atoms with van der Waals surface area (Å²) in [6, 6.07) is 3.47. The van der Waals surface area contributed by atoms with Crippen LogP contribution in [0.1, 0.15) is 37.4 Å². The highest BCUT2D eigenvalue weighted by molar-refractivity contribution is 5.86. The smallest absolute Gasteiger partial charge is 0.222 e. The van der Waals surface area contributed by atoms with E-state index >= 15 is 0 Å². The Bertz CT molecular complexity index is 1180. The van der Waals surface area contributed by atoms with E-state index in [0.29, 0.717) is 36.4 Å². The number of rotatable bonds is 11. The number of ether oxygens (including phenoxy) is 1. The Hall–Kier alpha value is -3.02. The van der Waals surface area contributed by atoms with Gasteiger partial charge in [-0.25, -0.2) is 4.98 Å². The molecule has 3 aromatic rings. The first kappa shape index (κ1) is 23.7. The summed E-state index contributed by atoms with van der Waals surface area (Å²) >= 11 is 0. The van der Waals surface area contributed by atoms with Crippen molar-refractivity contribution in [1.82, 2.24) is 34.5 Å². The molecule has 0 saturated carbocycles. The normalized spacial score (nSPS) is 20.8. The van der Waals surface area contributed by atoms with Crippen LogP contribution >= 0.6 is 0 Å². The Morgan fingerprint density at radius 3 is 2.74 bits per heavy atom. The summed E-state index contributed by atoms with van der Waals surface area (Å²) in [7, 11) is 3.87. The van der Waals surface area contributed by atoms with Crippen LogP contribution in [0.15, 0.2) is 18.5 Å². The number of aliphatic hydroxyl groups is 1. The van der Waals surface area contributed by atoms with Crippen molar-refractivity contribution in [3.63, 3.8) is 0 Å². The van der Waals surface area contributed by atoms with Gasteiger partial charge in [-0.3, -0.25) is 19.5 Å². The summed E-state index contributed by atoms with van der Waals surface area (Å²) in [4.78, 5) is 18.4. The van der Waals surface area contributed by atoms with Gasteiger partial charge in [0, 0.05) is 62.2 Å². The van der Waals surface area contributed by atoms with E-state index in [-0.39, 0.29) is 18.6 Å². The molecule has 4 N–H and O–H groups in total. The fourth-order valence-electron chi connectivity index (χ4n) is 5.24. The van der Waals surface area contributed by atoms with Crippen molar-refractivity contribution >= 4 is 22.8 Å². The second-order valence-corrected chi connectivity index (χ2v) is 9.60. The van der Waals surface area contributed by atoms with Gasteiger partial charge in [0.1, 0.15) is 16.8 Å². The first-order valence-electron chi connectivity index (χ1n) is 12.3. The van der Waals surface area contributed by atoms with Gasteiger partial charge in [0.25, 0.3) is 0 Å². The number of nitrogens with two attached hydrogens (primary N) is 1. The lowest BCUT2D eigenvalue weighted by atomic mass is 9.86. The summed E-state index contributed by atoms with van der Waals surface area (Å²) in [5.41, 5.74) is 9.34. The standard InChI is InChI=1S/C24H35N9O2/c1-4-5-16(6-7-34)28-23-22-18(29-24(25)30-23)10-27-33(22)11-15-9-26-17(8-21(15)35-3)12-32-14-19-20(32)13-31(19)2/h8-10,16,19-20,34H,4-7,11-14H2,1-3H3,(H3,25,28,29,30)/t16-,19+,20?/m0/s1. The van der Waals surface area contributed by atoms with Crippen LogP contribution in [-0.2, 0) is 13.1 Å². The minimum Gasteiger partial charge on any atom is -0.496 e. The molecule has 0 aliphatic carbocycles. The first-order chi connectivity index (χ1) is 17.0. The third kappa shape index (κ3) is 4.63. The molecule has 1 unspecified atom stereocenters. The molecule has 0 bridgehead atoms. The molecule has 3 aromatic heterocycles. The van der Waals surface area contributed by atoms with Gasteiger partial charge in [-0.15, -0.1) is 0 Å². The molecule has 2 saturated heterocycles. The number of likely N-dealkylation sites (N-methyl/N-ethyl adjacent to an activating group) is 1. The van der Waals surface area contributed by atoms with Gasteiger partial charge in [-0.1, -0.05) is 13.3 Å². The number of fused-ring (bicyclic) bond motifs is 2. The number of nitrogen functional groups attached to an aromatic ring is 1. The third-order valence-corrected chi connectivity index (χ3v) is 7.24. The molecule has 0 radical (unpaired) electrons. The van der Waals surface area contributed by atoms with Crippen LogP contribution in [0.25, 0.3) is 11.0 Å². The minimum atomic E-state index is 0.0814. The van der Waals surface area contributed by atoms with Crippen LogP contribution in [0.2, 0.25) is 0 Å². The first-order valence-corrected chi connectivity index (χ1v) is 12.3. The molecule has 188 valence electrons. The minimum absolute atomic E-state index is 0.0814. The predicted octanol–water partition coefficient (Wildman–Crippen LogP) is 1.32. The molecule has 5 rings (SSSR count). The molecule has 35 heavy (non-hydrogen) atoms. The number of aromatic nitrogens is 5. The summed E-state index contributed by atoms with van der Waals surface area (Å²) in [6.07, 6.45) is 6.10. The molecule has 5 heterocycles. The van der Waals surface area contributed by atoms with Crippen molar-refractivity contribution in [3.8, 4) is 5.75 Å². The van der Waals surface area contributed by atoms with Gasteiger partial charge < -0.3 is 20.9 Å². The number of piperazine rings is 1. The average molecular weight is 482 g/mol. The zero-order chi connectivity index (χ0) is 24.5. The molecular formula is C24H35N9O2. The van der Waals surface area contributed by atoms with Crippen molar-refractivity contribution in [2.24, 2.45) is 0 Å². The van der Waals surface area contributed by atoms with Gasteiger partial charge in [-0.2, -0.15) is 10.1 Å². The number of nitrogens with zero attached hydrogens (tertiary/aromatic N) is 7. The van der Waals surface area contributed by atoms with Crippen molar-refractivity contribution in [3.05, 3.63) is 29.7 Å². The highest BCUT2D eigenvalue weighted by Gasteiger charge is 2.49. The molecule has 2 aliphatic heterocycles. The Balaban J connectivity index is 1.38. The second-order valence-electron chi connectivity index (χ2n) is 9.60. The molecule has 0 amide bonds. The van der Waals surface area contributed by atoms with E-state index in [2.05, 4.69) is 44.2 Å². The van der Waals surface area contributed by atoms with E-state index < -0.39 is 0 Å². The number of anilines is 2. The van der Waals surface area contributed by atoms with E-state index in [1.54, 1.807) is 13.3 Å². The SMILES string of the molecule is CCC[C@@H](CCO)Nc1nc(N)nc2cnn(Cc3cnc(CN4C[C@@H]5C4CN5C)cc3OC)c12. The van der Waals surface area contributed by atoms with Gasteiger partial charge in [0.15, 0.2) is 5.82 Å². The van der Waals surface area contributed by atoms with Crippen LogP contribution in [0.3, 0.4) is 0 Å². The largest absolute Gasteiger partial charge is 0.496 e. The van der Waals surface area contributed by atoms with Crippen molar-refractivity contribution in [2.75, 3.05) is 44.9 Å². The molecule has 2 fully saturated rings. The maximum absolute atomic E-state index is 9.47. The maximum Gasteiger partial charge on any atom is 0.222 e. The zero-order valence-electron chi connectivity index (χ0n) is 20.7. The topological polar surface area (TPSA) is 130 Å². The molecular weight excluding hydrogens is 446 g/mol. The fraction of sp³-hybridized carbons (Fsp3) is 0.583. The number of hydrogen-bond acceptors (Lipinski definition) is 10. The van der Waals surface area contributed by atoms with Crippen LogP contribution in [0.5, 0.6) is 5.75 Å². The van der Waals surface area contributed by atoms with Crippen molar-refractivity contribution in [2.45, 2.75) is 57.4 Å². The number of hydrogen-bond donors (Lipinski definition) is 3. The number of pyridine rings is 1. The lowest BCUT2D eigenvalue weighted by molar-refractivity contribution is -0.116. The highest BCUT2D eigenvalue weighted by atomic mass is 16.5. The van der Waals surface area contributed by atoms with Crippen LogP contribution in [0, 0.1) is 0 Å². The van der Waals surface area contributed by atoms with Crippen LogP contribution in [-0.4, -0.2) is 91.6 Å². The molecule has 0 aromatic carbocycles.